The number of fused-ring (bicyclic) bond motifs is 1. The quantitative estimate of drug-likeness (QED) is 0.517. The van der Waals surface area contributed by atoms with Gasteiger partial charge in [-0.1, -0.05) is 11.6 Å². The molecule has 3 rings (SSSR count). The van der Waals surface area contributed by atoms with Crippen molar-refractivity contribution in [3.8, 4) is 11.5 Å². The zero-order valence-electron chi connectivity index (χ0n) is 15.5. The van der Waals surface area contributed by atoms with Crippen LogP contribution in [0.25, 0.3) is 10.9 Å². The Morgan fingerprint density at radius 3 is 2.69 bits per heavy atom. The summed E-state index contributed by atoms with van der Waals surface area (Å²) in [6.07, 6.45) is 1.67. The van der Waals surface area contributed by atoms with Gasteiger partial charge in [-0.3, -0.25) is 5.43 Å². The molecule has 0 aliphatic rings. The summed E-state index contributed by atoms with van der Waals surface area (Å²) in [7, 11) is 0. The molecular formula is C21H23N3O2. The lowest BCUT2D eigenvalue weighted by molar-refractivity contribution is 0.318. The van der Waals surface area contributed by atoms with Crippen LogP contribution in [-0.4, -0.2) is 22.9 Å². The third kappa shape index (κ3) is 3.77. The summed E-state index contributed by atoms with van der Waals surface area (Å²) in [5.74, 6) is 1.26. The van der Waals surface area contributed by atoms with E-state index in [2.05, 4.69) is 48.4 Å². The van der Waals surface area contributed by atoms with E-state index in [4.69, 9.17) is 4.74 Å². The van der Waals surface area contributed by atoms with E-state index in [1.165, 1.54) is 5.56 Å². The molecule has 2 N–H and O–H groups in total. The van der Waals surface area contributed by atoms with Crippen molar-refractivity contribution >= 4 is 22.9 Å². The molecule has 0 bridgehead atoms. The third-order valence-corrected chi connectivity index (χ3v) is 4.13. The molecule has 0 amide bonds. The number of hydrogen-bond donors (Lipinski definition) is 2. The molecule has 0 fully saturated rings. The van der Waals surface area contributed by atoms with Crippen LogP contribution < -0.4 is 10.2 Å². The summed E-state index contributed by atoms with van der Waals surface area (Å²) < 4.78 is 5.38. The van der Waals surface area contributed by atoms with Crippen molar-refractivity contribution in [1.82, 2.24) is 4.98 Å². The molecule has 1 heterocycles. The zero-order valence-corrected chi connectivity index (χ0v) is 15.5. The number of ether oxygens (including phenoxy) is 1. The molecule has 0 aliphatic carbocycles. The number of anilines is 1. The maximum atomic E-state index is 9.75. The van der Waals surface area contributed by atoms with Gasteiger partial charge in [-0.25, -0.2) is 4.98 Å². The Morgan fingerprint density at radius 2 is 1.92 bits per heavy atom. The van der Waals surface area contributed by atoms with Gasteiger partial charge >= 0.3 is 0 Å². The predicted octanol–water partition coefficient (Wildman–Crippen LogP) is 4.71. The maximum absolute atomic E-state index is 9.75. The first kappa shape index (κ1) is 17.7. The van der Waals surface area contributed by atoms with Crippen LogP contribution in [0.5, 0.6) is 11.5 Å². The number of hydrogen-bond acceptors (Lipinski definition) is 5. The highest BCUT2D eigenvalue weighted by atomic mass is 16.5. The van der Waals surface area contributed by atoms with Crippen LogP contribution in [0.1, 0.15) is 29.2 Å². The fraction of sp³-hybridized carbons (Fsp3) is 0.238. The minimum atomic E-state index is 0.120. The van der Waals surface area contributed by atoms with Crippen LogP contribution in [0.4, 0.5) is 5.82 Å². The lowest BCUT2D eigenvalue weighted by Crippen LogP contribution is -1.97. The van der Waals surface area contributed by atoms with E-state index in [-0.39, 0.29) is 5.75 Å². The first-order valence-electron chi connectivity index (χ1n) is 8.61. The Hall–Kier alpha value is -3.08. The smallest absolute Gasteiger partial charge is 0.161 e. The number of aromatic nitrogens is 1. The Balaban J connectivity index is 1.83. The molecule has 26 heavy (non-hydrogen) atoms. The van der Waals surface area contributed by atoms with Crippen molar-refractivity contribution < 1.29 is 9.84 Å². The minimum absolute atomic E-state index is 0.120. The molecule has 3 aromatic rings. The second-order valence-corrected chi connectivity index (χ2v) is 6.33. The number of nitrogens with zero attached hydrogens (tertiary/aromatic N) is 2. The largest absolute Gasteiger partial charge is 0.504 e. The number of hydrazone groups is 1. The molecule has 5 nitrogen and oxygen atoms in total. The SMILES string of the molecule is CCOc1cc(C=NNc2cc(C)c3cc(C)cc(C)c3n2)ccc1O. The number of aryl methyl sites for hydroxylation is 3. The fourth-order valence-electron chi connectivity index (χ4n) is 2.96. The van der Waals surface area contributed by atoms with Gasteiger partial charge in [0.15, 0.2) is 11.5 Å². The molecule has 1 aromatic heterocycles. The van der Waals surface area contributed by atoms with Crippen molar-refractivity contribution in [2.75, 3.05) is 12.0 Å². The average molecular weight is 349 g/mol. The highest BCUT2D eigenvalue weighted by Gasteiger charge is 2.06. The highest BCUT2D eigenvalue weighted by molar-refractivity contribution is 5.87. The van der Waals surface area contributed by atoms with E-state index >= 15 is 0 Å². The number of phenolic OH excluding ortho intramolecular Hbond substituents is 1. The van der Waals surface area contributed by atoms with Crippen molar-refractivity contribution in [2.24, 2.45) is 5.10 Å². The standard InChI is InChI=1S/C21H23N3O2/c1-5-26-19-11-16(6-7-18(19)25)12-22-24-20-10-14(3)17-9-13(2)8-15(4)21(17)23-20/h6-12,25H,5H2,1-4H3,(H,23,24). The van der Waals surface area contributed by atoms with E-state index in [9.17, 15) is 5.11 Å². The predicted molar refractivity (Wildman–Crippen MR) is 106 cm³/mol. The molecule has 5 heteroatoms. The lowest BCUT2D eigenvalue weighted by atomic mass is 10.0. The maximum Gasteiger partial charge on any atom is 0.161 e. The molecule has 0 radical (unpaired) electrons. The number of pyridine rings is 1. The van der Waals surface area contributed by atoms with Gasteiger partial charge in [0.25, 0.3) is 0 Å². The first-order chi connectivity index (χ1) is 12.5. The van der Waals surface area contributed by atoms with Crippen LogP contribution in [0.3, 0.4) is 0 Å². The van der Waals surface area contributed by atoms with Gasteiger partial charge < -0.3 is 9.84 Å². The van der Waals surface area contributed by atoms with Gasteiger partial charge in [0.2, 0.25) is 0 Å². The Bertz CT molecular complexity index is 981. The van der Waals surface area contributed by atoms with Crippen LogP contribution in [-0.2, 0) is 0 Å². The number of benzene rings is 2. The second-order valence-electron chi connectivity index (χ2n) is 6.33. The molecule has 0 atom stereocenters. The number of nitrogens with one attached hydrogen (secondary N) is 1. The molecule has 0 aliphatic heterocycles. The Kier molecular flexibility index (Phi) is 5.07. The number of phenols is 1. The average Bonchev–Trinajstić information content (AvgIpc) is 2.59. The monoisotopic (exact) mass is 349 g/mol. The van der Waals surface area contributed by atoms with Crippen LogP contribution >= 0.6 is 0 Å². The van der Waals surface area contributed by atoms with Gasteiger partial charge in [0.05, 0.1) is 18.3 Å². The molecule has 0 saturated carbocycles. The van der Waals surface area contributed by atoms with E-state index in [0.717, 1.165) is 27.6 Å². The summed E-state index contributed by atoms with van der Waals surface area (Å²) in [4.78, 5) is 4.68. The van der Waals surface area contributed by atoms with Crippen molar-refractivity contribution in [2.45, 2.75) is 27.7 Å². The Labute approximate surface area is 153 Å². The van der Waals surface area contributed by atoms with Crippen LogP contribution in [0.15, 0.2) is 41.5 Å². The van der Waals surface area contributed by atoms with Gasteiger partial charge in [0, 0.05) is 5.39 Å². The van der Waals surface area contributed by atoms with Gasteiger partial charge in [0.1, 0.15) is 5.82 Å². The van der Waals surface area contributed by atoms with Crippen molar-refractivity contribution in [3.05, 3.63) is 58.7 Å². The van der Waals surface area contributed by atoms with Crippen LogP contribution in [0.2, 0.25) is 0 Å². The lowest BCUT2D eigenvalue weighted by Gasteiger charge is -2.09. The van der Waals surface area contributed by atoms with Crippen LogP contribution in [0, 0.1) is 20.8 Å². The molecule has 0 spiro atoms. The molecule has 2 aromatic carbocycles. The topological polar surface area (TPSA) is 66.7 Å². The summed E-state index contributed by atoms with van der Waals surface area (Å²) in [5.41, 5.74) is 8.33. The van der Waals surface area contributed by atoms with Gasteiger partial charge in [-0.15, -0.1) is 0 Å². The van der Waals surface area contributed by atoms with Gasteiger partial charge in [-0.05, 0) is 74.7 Å². The summed E-state index contributed by atoms with van der Waals surface area (Å²) in [6, 6.07) is 11.4. The number of rotatable bonds is 5. The zero-order chi connectivity index (χ0) is 18.7. The minimum Gasteiger partial charge on any atom is -0.504 e. The highest BCUT2D eigenvalue weighted by Crippen LogP contribution is 2.26. The van der Waals surface area contributed by atoms with Crippen molar-refractivity contribution in [1.29, 1.82) is 0 Å². The van der Waals surface area contributed by atoms with E-state index in [0.29, 0.717) is 18.2 Å². The normalized spacial score (nSPS) is 11.2. The van der Waals surface area contributed by atoms with Gasteiger partial charge in [-0.2, -0.15) is 5.10 Å². The van der Waals surface area contributed by atoms with E-state index < -0.39 is 0 Å². The summed E-state index contributed by atoms with van der Waals surface area (Å²) in [6.45, 7) is 8.60. The molecular weight excluding hydrogens is 326 g/mol. The summed E-state index contributed by atoms with van der Waals surface area (Å²) >= 11 is 0. The van der Waals surface area contributed by atoms with E-state index in [1.54, 1.807) is 24.4 Å². The first-order valence-corrected chi connectivity index (χ1v) is 8.61. The Morgan fingerprint density at radius 1 is 1.12 bits per heavy atom. The summed E-state index contributed by atoms with van der Waals surface area (Å²) in [5, 5.41) is 15.2. The van der Waals surface area contributed by atoms with E-state index in [1.807, 2.05) is 13.0 Å². The molecule has 0 saturated heterocycles. The van der Waals surface area contributed by atoms with Crippen molar-refractivity contribution in [3.63, 3.8) is 0 Å². The second kappa shape index (κ2) is 7.44. The molecule has 0 unspecified atom stereocenters. The fourth-order valence-corrected chi connectivity index (χ4v) is 2.96. The molecule has 134 valence electrons. The number of aromatic hydroxyl groups is 1. The third-order valence-electron chi connectivity index (χ3n) is 4.13.